The molecule has 0 radical (unpaired) electrons. The van der Waals surface area contributed by atoms with Crippen molar-refractivity contribution < 1.29 is 14.0 Å². The normalized spacial score (nSPS) is 25.2. The van der Waals surface area contributed by atoms with Gasteiger partial charge in [0.05, 0.1) is 12.9 Å². The predicted molar refractivity (Wildman–Crippen MR) is 80.6 cm³/mol. The highest BCUT2D eigenvalue weighted by molar-refractivity contribution is 6.74. The Bertz CT molecular complexity index is 379. The molecule has 0 aromatic heterocycles. The summed E-state index contributed by atoms with van der Waals surface area (Å²) in [6.07, 6.45) is 2.95. The van der Waals surface area contributed by atoms with Gasteiger partial charge in [-0.2, -0.15) is 0 Å². The Morgan fingerprint density at radius 3 is 2.37 bits per heavy atom. The Morgan fingerprint density at radius 1 is 1.32 bits per heavy atom. The molecule has 0 saturated heterocycles. The second-order valence-corrected chi connectivity index (χ2v) is 12.3. The lowest BCUT2D eigenvalue weighted by Crippen LogP contribution is -2.44. The molecule has 0 bridgehead atoms. The van der Waals surface area contributed by atoms with E-state index >= 15 is 0 Å². The molecule has 0 heterocycles. The van der Waals surface area contributed by atoms with Gasteiger partial charge in [0.2, 0.25) is 0 Å². The standard InChI is InChI=1S/C15H28O3Si/c1-14(2,3)19(6,7)18-11-15(4)9-12(16)8-13(10-15)17-5/h8H,9-11H2,1-7H3. The molecule has 1 atom stereocenters. The zero-order valence-electron chi connectivity index (χ0n) is 13.4. The van der Waals surface area contributed by atoms with Crippen LogP contribution in [0.1, 0.15) is 40.5 Å². The maximum absolute atomic E-state index is 11.8. The summed E-state index contributed by atoms with van der Waals surface area (Å²) in [6, 6.07) is 0. The summed E-state index contributed by atoms with van der Waals surface area (Å²) in [7, 11) is -0.137. The van der Waals surface area contributed by atoms with Crippen molar-refractivity contribution in [3.63, 3.8) is 0 Å². The van der Waals surface area contributed by atoms with Crippen LogP contribution in [-0.2, 0) is 14.0 Å². The van der Waals surface area contributed by atoms with E-state index < -0.39 is 8.32 Å². The Morgan fingerprint density at radius 2 is 1.89 bits per heavy atom. The molecule has 110 valence electrons. The van der Waals surface area contributed by atoms with E-state index in [0.717, 1.165) is 12.2 Å². The fourth-order valence-corrected chi connectivity index (χ4v) is 3.13. The van der Waals surface area contributed by atoms with E-state index in [1.54, 1.807) is 13.2 Å². The fraction of sp³-hybridized carbons (Fsp3) is 0.800. The smallest absolute Gasteiger partial charge is 0.192 e. The molecule has 0 spiro atoms. The molecule has 1 rings (SSSR count). The van der Waals surface area contributed by atoms with Crippen LogP contribution in [0, 0.1) is 5.41 Å². The molecule has 1 unspecified atom stereocenters. The van der Waals surface area contributed by atoms with Crippen molar-refractivity contribution in [1.29, 1.82) is 0 Å². The van der Waals surface area contributed by atoms with Crippen LogP contribution in [0.15, 0.2) is 11.8 Å². The molecule has 0 aromatic rings. The summed E-state index contributed by atoms with van der Waals surface area (Å²) in [4.78, 5) is 11.8. The summed E-state index contributed by atoms with van der Waals surface area (Å²) in [5.41, 5.74) is -0.132. The number of carbonyl (C=O) groups excluding carboxylic acids is 1. The lowest BCUT2D eigenvalue weighted by Gasteiger charge is -2.40. The van der Waals surface area contributed by atoms with Gasteiger partial charge in [0.25, 0.3) is 0 Å². The maximum atomic E-state index is 11.8. The van der Waals surface area contributed by atoms with Crippen molar-refractivity contribution in [1.82, 2.24) is 0 Å². The molecule has 0 saturated carbocycles. The number of hydrogen-bond donors (Lipinski definition) is 0. The van der Waals surface area contributed by atoms with E-state index in [4.69, 9.17) is 9.16 Å². The van der Waals surface area contributed by atoms with Gasteiger partial charge < -0.3 is 9.16 Å². The first-order valence-electron chi connectivity index (χ1n) is 6.90. The molecule has 0 aromatic carbocycles. The monoisotopic (exact) mass is 284 g/mol. The van der Waals surface area contributed by atoms with Gasteiger partial charge in [-0.05, 0) is 18.1 Å². The highest BCUT2D eigenvalue weighted by atomic mass is 28.4. The summed E-state index contributed by atoms with van der Waals surface area (Å²) in [6.45, 7) is 13.9. The number of carbonyl (C=O) groups is 1. The molecule has 19 heavy (non-hydrogen) atoms. The molecule has 0 aliphatic heterocycles. The third-order valence-corrected chi connectivity index (χ3v) is 8.85. The Labute approximate surface area is 118 Å². The van der Waals surface area contributed by atoms with E-state index in [0.29, 0.717) is 13.0 Å². The molecule has 1 aliphatic carbocycles. The Balaban J connectivity index is 2.72. The van der Waals surface area contributed by atoms with Crippen LogP contribution in [-0.4, -0.2) is 27.8 Å². The van der Waals surface area contributed by atoms with Gasteiger partial charge in [-0.15, -0.1) is 0 Å². The van der Waals surface area contributed by atoms with Crippen LogP contribution in [0.3, 0.4) is 0 Å². The molecule has 0 fully saturated rings. The maximum Gasteiger partial charge on any atom is 0.192 e. The molecule has 0 amide bonds. The van der Waals surface area contributed by atoms with E-state index in [1.807, 2.05) is 0 Å². The van der Waals surface area contributed by atoms with Gasteiger partial charge in [-0.3, -0.25) is 4.79 Å². The van der Waals surface area contributed by atoms with Crippen molar-refractivity contribution in [3.05, 3.63) is 11.8 Å². The van der Waals surface area contributed by atoms with Gasteiger partial charge in [0.1, 0.15) is 0 Å². The van der Waals surface area contributed by atoms with Crippen molar-refractivity contribution in [2.24, 2.45) is 5.41 Å². The van der Waals surface area contributed by atoms with Crippen LogP contribution in [0.4, 0.5) is 0 Å². The van der Waals surface area contributed by atoms with Crippen LogP contribution >= 0.6 is 0 Å². The van der Waals surface area contributed by atoms with Crippen LogP contribution < -0.4 is 0 Å². The first kappa shape index (κ1) is 16.4. The van der Waals surface area contributed by atoms with Gasteiger partial charge in [-0.1, -0.05) is 27.7 Å². The van der Waals surface area contributed by atoms with Crippen molar-refractivity contribution >= 4 is 14.1 Å². The van der Waals surface area contributed by atoms with E-state index in [-0.39, 0.29) is 16.2 Å². The third-order valence-electron chi connectivity index (χ3n) is 4.37. The van der Waals surface area contributed by atoms with Crippen LogP contribution in [0.25, 0.3) is 0 Å². The molecular weight excluding hydrogens is 256 g/mol. The number of ether oxygens (including phenoxy) is 1. The number of methoxy groups -OCH3 is 1. The summed E-state index contributed by atoms with van der Waals surface area (Å²) < 4.78 is 11.5. The predicted octanol–water partition coefficient (Wildman–Crippen LogP) is 3.91. The van der Waals surface area contributed by atoms with Gasteiger partial charge in [0, 0.05) is 30.9 Å². The molecular formula is C15H28O3Si. The highest BCUT2D eigenvalue weighted by Gasteiger charge is 2.40. The number of rotatable bonds is 4. The summed E-state index contributed by atoms with van der Waals surface area (Å²) >= 11 is 0. The van der Waals surface area contributed by atoms with Gasteiger partial charge in [-0.25, -0.2) is 0 Å². The van der Waals surface area contributed by atoms with E-state index in [2.05, 4.69) is 40.8 Å². The largest absolute Gasteiger partial charge is 0.501 e. The van der Waals surface area contributed by atoms with E-state index in [1.165, 1.54) is 0 Å². The van der Waals surface area contributed by atoms with Crippen molar-refractivity contribution in [2.75, 3.05) is 13.7 Å². The first-order valence-corrected chi connectivity index (χ1v) is 9.81. The minimum Gasteiger partial charge on any atom is -0.501 e. The molecule has 3 nitrogen and oxygen atoms in total. The van der Waals surface area contributed by atoms with Gasteiger partial charge in [0.15, 0.2) is 14.1 Å². The minimum atomic E-state index is -1.76. The summed E-state index contributed by atoms with van der Waals surface area (Å²) in [5.74, 6) is 0.919. The minimum absolute atomic E-state index is 0.132. The van der Waals surface area contributed by atoms with Crippen molar-refractivity contribution in [3.8, 4) is 0 Å². The second kappa shape index (κ2) is 5.41. The molecule has 1 aliphatic rings. The number of ketones is 1. The van der Waals surface area contributed by atoms with Gasteiger partial charge >= 0.3 is 0 Å². The lowest BCUT2D eigenvalue weighted by molar-refractivity contribution is -0.118. The zero-order valence-corrected chi connectivity index (χ0v) is 14.4. The van der Waals surface area contributed by atoms with Crippen LogP contribution in [0.5, 0.6) is 0 Å². The number of allylic oxidation sites excluding steroid dienone is 2. The quantitative estimate of drug-likeness (QED) is 0.734. The highest BCUT2D eigenvalue weighted by Crippen LogP contribution is 2.40. The SMILES string of the molecule is COC1=CC(=O)CC(C)(CO[Si](C)(C)C(C)(C)C)C1. The fourth-order valence-electron chi connectivity index (χ4n) is 1.99. The van der Waals surface area contributed by atoms with E-state index in [9.17, 15) is 4.79 Å². The lowest BCUT2D eigenvalue weighted by atomic mass is 9.78. The second-order valence-electron chi connectivity index (χ2n) is 7.49. The third kappa shape index (κ3) is 4.18. The number of hydrogen-bond acceptors (Lipinski definition) is 3. The summed E-state index contributed by atoms with van der Waals surface area (Å²) in [5, 5.41) is 0.196. The van der Waals surface area contributed by atoms with Crippen LogP contribution in [0.2, 0.25) is 18.1 Å². The Kier molecular flexibility index (Phi) is 4.68. The van der Waals surface area contributed by atoms with Crippen molar-refractivity contribution in [2.45, 2.75) is 58.7 Å². The average molecular weight is 284 g/mol. The topological polar surface area (TPSA) is 35.5 Å². The Hall–Kier alpha value is -0.613. The molecule has 0 N–H and O–H groups in total. The molecule has 4 heteroatoms. The zero-order chi connectivity index (χ0) is 14.9. The first-order chi connectivity index (χ1) is 8.49. The average Bonchev–Trinajstić information content (AvgIpc) is 2.24.